The van der Waals surface area contributed by atoms with Crippen LogP contribution >= 0.6 is 0 Å². The SMILES string of the molecule is c1ccc(C2=NC(c3cccc4oc5cccc(-c6cccc7oc8c(-n9c%10ccccc%10c%10ccccc%109)cccc8c67)c5c34)NC(c3ccccc3)=N2)cc1. The highest BCUT2D eigenvalue weighted by molar-refractivity contribution is 6.21. The van der Waals surface area contributed by atoms with E-state index in [4.69, 9.17) is 18.8 Å². The molecule has 0 aliphatic carbocycles. The van der Waals surface area contributed by atoms with Gasteiger partial charge in [-0.15, -0.1) is 0 Å². The van der Waals surface area contributed by atoms with Crippen molar-refractivity contribution in [3.05, 3.63) is 199 Å². The zero-order valence-electron chi connectivity index (χ0n) is 30.6. The van der Waals surface area contributed by atoms with Crippen molar-refractivity contribution in [2.24, 2.45) is 9.98 Å². The van der Waals surface area contributed by atoms with Crippen LogP contribution in [0.5, 0.6) is 0 Å². The second kappa shape index (κ2) is 12.4. The Morgan fingerprint density at radius 1 is 0.456 bits per heavy atom. The van der Waals surface area contributed by atoms with E-state index in [1.54, 1.807) is 0 Å². The maximum absolute atomic E-state index is 6.89. The van der Waals surface area contributed by atoms with Gasteiger partial charge in [-0.2, -0.15) is 0 Å². The number of nitrogens with zero attached hydrogens (tertiary/aromatic N) is 3. The monoisotopic (exact) mass is 732 g/mol. The molecule has 1 atom stereocenters. The second-order valence-electron chi connectivity index (χ2n) is 14.5. The number of aromatic nitrogens is 1. The third-order valence-corrected chi connectivity index (χ3v) is 11.3. The van der Waals surface area contributed by atoms with Gasteiger partial charge in [-0.05, 0) is 47.5 Å². The molecule has 12 rings (SSSR count). The topological polar surface area (TPSA) is 68.0 Å². The fraction of sp³-hybridized carbons (Fsp3) is 0.0196. The van der Waals surface area contributed by atoms with Crippen molar-refractivity contribution in [2.45, 2.75) is 6.17 Å². The molecule has 0 spiro atoms. The predicted octanol–water partition coefficient (Wildman–Crippen LogP) is 12.7. The number of fused-ring (bicyclic) bond motifs is 9. The highest BCUT2D eigenvalue weighted by atomic mass is 16.3. The summed E-state index contributed by atoms with van der Waals surface area (Å²) in [5, 5.41) is 10.3. The number of aliphatic imine (C=N–C) groups is 2. The average Bonchev–Trinajstić information content (AvgIpc) is 3.97. The summed E-state index contributed by atoms with van der Waals surface area (Å²) in [6.07, 6.45) is -0.426. The quantitative estimate of drug-likeness (QED) is 0.192. The van der Waals surface area contributed by atoms with Crippen LogP contribution in [-0.4, -0.2) is 16.2 Å². The van der Waals surface area contributed by atoms with Crippen molar-refractivity contribution >= 4 is 77.4 Å². The number of furan rings is 2. The summed E-state index contributed by atoms with van der Waals surface area (Å²) in [5.41, 5.74) is 11.7. The number of benzene rings is 8. The van der Waals surface area contributed by atoms with Gasteiger partial charge in [-0.1, -0.05) is 146 Å². The van der Waals surface area contributed by atoms with Gasteiger partial charge in [-0.3, -0.25) is 0 Å². The lowest BCUT2D eigenvalue weighted by atomic mass is 9.93. The first-order valence-corrected chi connectivity index (χ1v) is 19.2. The van der Waals surface area contributed by atoms with Gasteiger partial charge in [-0.25, -0.2) is 9.98 Å². The molecule has 1 N–H and O–H groups in total. The molecular weight excluding hydrogens is 701 g/mol. The normalized spacial score (nSPS) is 14.5. The summed E-state index contributed by atoms with van der Waals surface area (Å²) >= 11 is 0. The fourth-order valence-corrected chi connectivity index (χ4v) is 8.83. The summed E-state index contributed by atoms with van der Waals surface area (Å²) in [6.45, 7) is 0. The van der Waals surface area contributed by atoms with Gasteiger partial charge >= 0.3 is 0 Å². The van der Waals surface area contributed by atoms with E-state index in [1.807, 2.05) is 48.5 Å². The van der Waals surface area contributed by atoms with Crippen molar-refractivity contribution in [1.82, 2.24) is 9.88 Å². The van der Waals surface area contributed by atoms with E-state index < -0.39 is 6.17 Å². The number of para-hydroxylation sites is 3. The van der Waals surface area contributed by atoms with Crippen molar-refractivity contribution in [3.63, 3.8) is 0 Å². The summed E-state index contributed by atoms with van der Waals surface area (Å²) in [5.74, 6) is 1.45. The van der Waals surface area contributed by atoms with Gasteiger partial charge in [0, 0.05) is 49.0 Å². The molecule has 3 aromatic heterocycles. The molecule has 1 aliphatic heterocycles. The van der Waals surface area contributed by atoms with E-state index in [9.17, 15) is 0 Å². The first-order chi connectivity index (χ1) is 28.3. The summed E-state index contributed by atoms with van der Waals surface area (Å²) in [4.78, 5) is 10.3. The number of hydrogen-bond donors (Lipinski definition) is 1. The zero-order chi connectivity index (χ0) is 37.5. The lowest BCUT2D eigenvalue weighted by Crippen LogP contribution is -2.33. The highest BCUT2D eigenvalue weighted by Gasteiger charge is 2.26. The molecule has 1 aliphatic rings. The molecular formula is C51H32N4O2. The van der Waals surface area contributed by atoms with Crippen LogP contribution in [0.3, 0.4) is 0 Å². The van der Waals surface area contributed by atoms with Crippen LogP contribution in [0.25, 0.3) is 82.5 Å². The van der Waals surface area contributed by atoms with E-state index >= 15 is 0 Å². The fourth-order valence-electron chi connectivity index (χ4n) is 8.83. The molecule has 0 bridgehead atoms. The number of amidine groups is 2. The average molecular weight is 733 g/mol. The van der Waals surface area contributed by atoms with Crippen LogP contribution in [0.4, 0.5) is 0 Å². The van der Waals surface area contributed by atoms with Crippen molar-refractivity contribution in [1.29, 1.82) is 0 Å². The van der Waals surface area contributed by atoms with E-state index in [0.29, 0.717) is 5.84 Å². The van der Waals surface area contributed by atoms with Gasteiger partial charge in [0.05, 0.1) is 16.7 Å². The Morgan fingerprint density at radius 2 is 1.02 bits per heavy atom. The molecule has 0 saturated heterocycles. The third kappa shape index (κ3) is 4.84. The minimum atomic E-state index is -0.426. The number of rotatable bonds is 5. The maximum atomic E-state index is 6.89. The van der Waals surface area contributed by atoms with Crippen LogP contribution in [0.2, 0.25) is 0 Å². The van der Waals surface area contributed by atoms with Crippen molar-refractivity contribution in [3.8, 4) is 16.8 Å². The Hall–Kier alpha value is -7.70. The van der Waals surface area contributed by atoms with Gasteiger partial charge in [0.25, 0.3) is 0 Å². The molecule has 1 unspecified atom stereocenters. The molecule has 0 saturated carbocycles. The maximum Gasteiger partial charge on any atom is 0.159 e. The Labute approximate surface area is 326 Å². The van der Waals surface area contributed by atoms with E-state index in [2.05, 4.69) is 143 Å². The van der Waals surface area contributed by atoms with Crippen LogP contribution < -0.4 is 5.32 Å². The Kier molecular flexibility index (Phi) is 6.89. The van der Waals surface area contributed by atoms with E-state index in [-0.39, 0.29) is 0 Å². The molecule has 268 valence electrons. The first-order valence-electron chi connectivity index (χ1n) is 19.2. The summed E-state index contributed by atoms with van der Waals surface area (Å²) in [7, 11) is 0. The van der Waals surface area contributed by atoms with Gasteiger partial charge in [0.15, 0.2) is 11.4 Å². The summed E-state index contributed by atoms with van der Waals surface area (Å²) < 4.78 is 15.9. The molecule has 57 heavy (non-hydrogen) atoms. The van der Waals surface area contributed by atoms with Crippen molar-refractivity contribution in [2.75, 3.05) is 0 Å². The highest BCUT2D eigenvalue weighted by Crippen LogP contribution is 2.45. The molecule has 8 aromatic carbocycles. The zero-order valence-corrected chi connectivity index (χ0v) is 30.6. The standard InChI is InChI=1S/C51H32N4O2/c1-3-15-31(16-4-1)49-52-50(32-17-5-2-6-18-32)54-51(53-49)38-24-14-30-44-47(38)46-36(22-13-29-43(46)56-44)35-21-12-28-42-45(35)37-23-11-27-41(48(37)57-42)55-39-25-9-7-19-33(39)34-20-8-10-26-40(34)55/h1-30,51H,(H,52,53,54). The molecule has 6 heteroatoms. The van der Waals surface area contributed by atoms with Crippen LogP contribution in [-0.2, 0) is 0 Å². The first kappa shape index (κ1) is 31.6. The molecule has 0 amide bonds. The molecule has 4 heterocycles. The van der Waals surface area contributed by atoms with Crippen LogP contribution in [0.1, 0.15) is 22.9 Å². The van der Waals surface area contributed by atoms with E-state index in [0.717, 1.165) is 94.3 Å². The second-order valence-corrected chi connectivity index (χ2v) is 14.5. The number of hydrogen-bond acceptors (Lipinski definition) is 5. The van der Waals surface area contributed by atoms with Crippen LogP contribution in [0, 0.1) is 0 Å². The van der Waals surface area contributed by atoms with Gasteiger partial charge in [0.1, 0.15) is 28.8 Å². The molecule has 0 fully saturated rings. The molecule has 11 aromatic rings. The third-order valence-electron chi connectivity index (χ3n) is 11.3. The predicted molar refractivity (Wildman–Crippen MR) is 233 cm³/mol. The van der Waals surface area contributed by atoms with E-state index in [1.165, 1.54) is 10.8 Å². The summed E-state index contributed by atoms with van der Waals surface area (Å²) in [6, 6.07) is 63.0. The smallest absolute Gasteiger partial charge is 0.159 e. The van der Waals surface area contributed by atoms with Gasteiger partial charge in [0.2, 0.25) is 0 Å². The van der Waals surface area contributed by atoms with Crippen LogP contribution in [0.15, 0.2) is 201 Å². The lowest BCUT2D eigenvalue weighted by Gasteiger charge is -2.24. The molecule has 6 nitrogen and oxygen atoms in total. The Morgan fingerprint density at radius 3 is 1.74 bits per heavy atom. The number of nitrogens with one attached hydrogen (secondary N) is 1. The van der Waals surface area contributed by atoms with Crippen molar-refractivity contribution < 1.29 is 8.83 Å². The molecule has 0 radical (unpaired) electrons. The lowest BCUT2D eigenvalue weighted by molar-refractivity contribution is 0.662. The largest absolute Gasteiger partial charge is 0.456 e. The van der Waals surface area contributed by atoms with Gasteiger partial charge < -0.3 is 18.7 Å². The Bertz CT molecular complexity index is 3390. The Balaban J connectivity index is 1.08. The minimum Gasteiger partial charge on any atom is -0.456 e. The minimum absolute atomic E-state index is 0.426.